The number of nitro benzene ring substituents is 1. The fourth-order valence-electron chi connectivity index (χ4n) is 3.92. The largest absolute Gasteiger partial charge is 0.369 e. The van der Waals surface area contributed by atoms with E-state index in [1.165, 1.54) is 16.4 Å². The van der Waals surface area contributed by atoms with Gasteiger partial charge in [0, 0.05) is 55.2 Å². The fourth-order valence-corrected chi connectivity index (χ4v) is 4.75. The Morgan fingerprint density at radius 3 is 2.31 bits per heavy atom. The van der Waals surface area contributed by atoms with Gasteiger partial charge in [0.25, 0.3) is 17.5 Å². The van der Waals surface area contributed by atoms with Gasteiger partial charge in [0.1, 0.15) is 5.56 Å². The number of nitrogens with zero attached hydrogens (tertiary/aromatic N) is 3. The van der Waals surface area contributed by atoms with Crippen molar-refractivity contribution in [3.05, 3.63) is 63.2 Å². The summed E-state index contributed by atoms with van der Waals surface area (Å²) < 4.78 is 24.9. The molecule has 1 saturated carbocycles. The number of nitrogens with one attached hydrogen (secondary N) is 2. The number of benzene rings is 2. The smallest absolute Gasteiger partial charge is 0.282 e. The third-order valence-electron chi connectivity index (χ3n) is 6.15. The summed E-state index contributed by atoms with van der Waals surface area (Å²) in [5, 5.41) is 17.2. The fraction of sp³-hybridized carbons (Fsp3) is 0.391. The van der Waals surface area contributed by atoms with Crippen LogP contribution >= 0.6 is 0 Å². The van der Waals surface area contributed by atoms with Crippen LogP contribution in [-0.4, -0.2) is 67.9 Å². The molecule has 4 rings (SSSR count). The van der Waals surface area contributed by atoms with Crippen molar-refractivity contribution in [3.63, 3.8) is 0 Å². The normalized spacial score (nSPS) is 16.6. The maximum absolute atomic E-state index is 13.2. The molecule has 0 unspecified atom stereocenters. The van der Waals surface area contributed by atoms with E-state index in [2.05, 4.69) is 10.6 Å². The quantitative estimate of drug-likeness (QED) is 0.437. The zero-order valence-corrected chi connectivity index (χ0v) is 20.3. The Labute approximate surface area is 203 Å². The summed E-state index contributed by atoms with van der Waals surface area (Å²) in [7, 11) is -3.30. The van der Waals surface area contributed by atoms with Gasteiger partial charge in [-0.15, -0.1) is 0 Å². The lowest BCUT2D eigenvalue weighted by molar-refractivity contribution is -0.385. The molecular formula is C23H27N5O6S. The third-order valence-corrected chi connectivity index (χ3v) is 7.46. The molecular weight excluding hydrogens is 474 g/mol. The second-order valence-electron chi connectivity index (χ2n) is 8.84. The van der Waals surface area contributed by atoms with Crippen LogP contribution in [-0.2, 0) is 10.0 Å². The van der Waals surface area contributed by atoms with Crippen LogP contribution < -0.4 is 15.5 Å². The highest BCUT2D eigenvalue weighted by atomic mass is 32.2. The first-order chi connectivity index (χ1) is 16.5. The van der Waals surface area contributed by atoms with Gasteiger partial charge in [-0.25, -0.2) is 8.42 Å². The van der Waals surface area contributed by atoms with E-state index in [1.54, 1.807) is 31.2 Å². The molecule has 2 aromatic rings. The van der Waals surface area contributed by atoms with Crippen LogP contribution in [0.15, 0.2) is 36.4 Å². The van der Waals surface area contributed by atoms with E-state index in [4.69, 9.17) is 0 Å². The Bertz CT molecular complexity index is 1280. The lowest BCUT2D eigenvalue weighted by Crippen LogP contribution is -2.48. The Morgan fingerprint density at radius 2 is 1.71 bits per heavy atom. The molecule has 2 aliphatic rings. The minimum Gasteiger partial charge on any atom is -0.369 e. The summed E-state index contributed by atoms with van der Waals surface area (Å²) in [6.45, 7) is 3.12. The van der Waals surface area contributed by atoms with E-state index >= 15 is 0 Å². The molecule has 2 amide bonds. The number of sulfonamides is 1. The zero-order chi connectivity index (χ0) is 25.3. The Balaban J connectivity index is 1.56. The number of amides is 2. The van der Waals surface area contributed by atoms with Crippen molar-refractivity contribution >= 4 is 38.9 Å². The second-order valence-corrected chi connectivity index (χ2v) is 10.8. The Kier molecular flexibility index (Phi) is 6.77. The molecule has 2 N–H and O–H groups in total. The van der Waals surface area contributed by atoms with Crippen molar-refractivity contribution in [2.24, 2.45) is 0 Å². The van der Waals surface area contributed by atoms with Crippen LogP contribution in [0.1, 0.15) is 39.1 Å². The van der Waals surface area contributed by atoms with Crippen molar-refractivity contribution in [3.8, 4) is 0 Å². The second kappa shape index (κ2) is 9.62. The maximum atomic E-state index is 13.2. The van der Waals surface area contributed by atoms with Crippen LogP contribution in [0.25, 0.3) is 0 Å². The molecule has 0 radical (unpaired) electrons. The first-order valence-corrected chi connectivity index (χ1v) is 13.1. The molecule has 1 saturated heterocycles. The predicted molar refractivity (Wildman–Crippen MR) is 131 cm³/mol. The molecule has 11 nitrogen and oxygen atoms in total. The van der Waals surface area contributed by atoms with Crippen molar-refractivity contribution < 1.29 is 22.9 Å². The number of carbonyl (C=O) groups excluding carboxylic acids is 2. The monoisotopic (exact) mass is 501 g/mol. The SMILES string of the molecule is Cc1ccc(C(=O)NC2CC2)cc1NC(=O)c1cc(N2CCN(S(C)(=O)=O)CC2)ccc1[N+](=O)[O-]. The van der Waals surface area contributed by atoms with Crippen molar-refractivity contribution in [1.82, 2.24) is 9.62 Å². The topological polar surface area (TPSA) is 142 Å². The highest BCUT2D eigenvalue weighted by Crippen LogP contribution is 2.28. The number of carbonyl (C=O) groups is 2. The number of nitro groups is 1. The Hall–Kier alpha value is -3.51. The molecule has 0 bridgehead atoms. The van der Waals surface area contributed by atoms with Gasteiger partial charge in [-0.3, -0.25) is 19.7 Å². The maximum Gasteiger partial charge on any atom is 0.282 e. The first kappa shape index (κ1) is 24.6. The molecule has 1 aliphatic carbocycles. The van der Waals surface area contributed by atoms with E-state index in [-0.39, 0.29) is 36.3 Å². The average molecular weight is 502 g/mol. The molecule has 0 aromatic heterocycles. The van der Waals surface area contributed by atoms with Crippen LogP contribution in [0.2, 0.25) is 0 Å². The Morgan fingerprint density at radius 1 is 1.03 bits per heavy atom. The van der Waals surface area contributed by atoms with Gasteiger partial charge in [-0.2, -0.15) is 4.31 Å². The van der Waals surface area contributed by atoms with Gasteiger partial charge >= 0.3 is 0 Å². The van der Waals surface area contributed by atoms with Gasteiger partial charge in [0.15, 0.2) is 0 Å². The van der Waals surface area contributed by atoms with E-state index in [1.807, 2.05) is 4.90 Å². The lowest BCUT2D eigenvalue weighted by Gasteiger charge is -2.34. The van der Waals surface area contributed by atoms with Gasteiger partial charge in [-0.05, 0) is 49.6 Å². The molecule has 0 atom stereocenters. The minimum absolute atomic E-state index is 0.120. The molecule has 1 aliphatic heterocycles. The van der Waals surface area contributed by atoms with E-state index in [0.29, 0.717) is 35.6 Å². The van der Waals surface area contributed by atoms with Crippen molar-refractivity contribution in [1.29, 1.82) is 0 Å². The predicted octanol–water partition coefficient (Wildman–Crippen LogP) is 2.13. The van der Waals surface area contributed by atoms with Gasteiger partial charge in [0.2, 0.25) is 10.0 Å². The van der Waals surface area contributed by atoms with Crippen LogP contribution in [0, 0.1) is 17.0 Å². The molecule has 0 spiro atoms. The molecule has 1 heterocycles. The van der Waals surface area contributed by atoms with Crippen LogP contribution in [0.3, 0.4) is 0 Å². The van der Waals surface area contributed by atoms with Crippen molar-refractivity contribution in [2.45, 2.75) is 25.8 Å². The number of hydrogen-bond acceptors (Lipinski definition) is 7. The summed E-state index contributed by atoms with van der Waals surface area (Å²) >= 11 is 0. The molecule has 2 aromatic carbocycles. The van der Waals surface area contributed by atoms with Crippen LogP contribution in [0.4, 0.5) is 17.1 Å². The highest BCUT2D eigenvalue weighted by molar-refractivity contribution is 7.88. The average Bonchev–Trinajstić information content (AvgIpc) is 3.63. The molecule has 12 heteroatoms. The van der Waals surface area contributed by atoms with E-state index in [9.17, 15) is 28.1 Å². The third kappa shape index (κ3) is 5.77. The summed E-state index contributed by atoms with van der Waals surface area (Å²) in [6.07, 6.45) is 3.05. The molecule has 2 fully saturated rings. The summed E-state index contributed by atoms with van der Waals surface area (Å²) in [5.74, 6) is -0.902. The summed E-state index contributed by atoms with van der Waals surface area (Å²) in [5.41, 5.74) is 1.61. The zero-order valence-electron chi connectivity index (χ0n) is 19.5. The number of anilines is 2. The van der Waals surface area contributed by atoms with Crippen molar-refractivity contribution in [2.75, 3.05) is 42.7 Å². The number of rotatable bonds is 7. The molecule has 186 valence electrons. The van der Waals surface area contributed by atoms with Gasteiger partial charge < -0.3 is 15.5 Å². The number of aryl methyl sites for hydroxylation is 1. The van der Waals surface area contributed by atoms with E-state index < -0.39 is 20.9 Å². The number of piperazine rings is 1. The summed E-state index contributed by atoms with van der Waals surface area (Å²) in [6, 6.07) is 9.41. The van der Waals surface area contributed by atoms with Gasteiger partial charge in [0.05, 0.1) is 11.2 Å². The van der Waals surface area contributed by atoms with Gasteiger partial charge in [-0.1, -0.05) is 6.07 Å². The summed E-state index contributed by atoms with van der Waals surface area (Å²) in [4.78, 5) is 38.5. The van der Waals surface area contributed by atoms with E-state index in [0.717, 1.165) is 19.1 Å². The lowest BCUT2D eigenvalue weighted by atomic mass is 10.1. The first-order valence-electron chi connectivity index (χ1n) is 11.2. The highest BCUT2D eigenvalue weighted by Gasteiger charge is 2.27. The van der Waals surface area contributed by atoms with Crippen LogP contribution in [0.5, 0.6) is 0 Å². The number of hydrogen-bond donors (Lipinski definition) is 2. The molecule has 35 heavy (non-hydrogen) atoms. The standard InChI is InChI=1S/C23H27N5O6S/c1-15-3-4-16(22(29)24-17-5-6-17)13-20(15)25-23(30)19-14-18(7-8-21(19)28(31)32)26-9-11-27(12-10-26)35(2,33)34/h3-4,7-8,13-14,17H,5-6,9-12H2,1-2H3,(H,24,29)(H,25,30). The minimum atomic E-state index is -3.30.